The summed E-state index contributed by atoms with van der Waals surface area (Å²) in [5, 5.41) is 0. The second-order valence-corrected chi connectivity index (χ2v) is 22.7. The van der Waals surface area contributed by atoms with Gasteiger partial charge in [0.05, 0.1) is 0 Å². The van der Waals surface area contributed by atoms with Crippen molar-refractivity contribution in [2.75, 3.05) is 13.2 Å². The highest BCUT2D eigenvalue weighted by atomic mass is 16.6. The second-order valence-electron chi connectivity index (χ2n) is 22.7. The largest absolute Gasteiger partial charge is 0.462 e. The van der Waals surface area contributed by atoms with E-state index in [2.05, 4.69) is 118 Å². The van der Waals surface area contributed by atoms with E-state index >= 15 is 0 Å². The Morgan fingerprint density at radius 1 is 0.263 bits per heavy atom. The predicted molar refractivity (Wildman–Crippen MR) is 348 cm³/mol. The summed E-state index contributed by atoms with van der Waals surface area (Å²) in [4.78, 5) is 38.3. The minimum Gasteiger partial charge on any atom is -0.462 e. The van der Waals surface area contributed by atoms with E-state index in [4.69, 9.17) is 14.2 Å². The van der Waals surface area contributed by atoms with Crippen molar-refractivity contribution in [3.63, 3.8) is 0 Å². The molecular formula is C74H128O6. The molecule has 0 fully saturated rings. The highest BCUT2D eigenvalue weighted by Crippen LogP contribution is 2.17. The number of ether oxygens (including phenoxy) is 3. The summed E-state index contributed by atoms with van der Waals surface area (Å²) >= 11 is 0. The Bertz CT molecular complexity index is 1560. The summed E-state index contributed by atoms with van der Waals surface area (Å²) in [6, 6.07) is 0. The third-order valence-electron chi connectivity index (χ3n) is 14.8. The van der Waals surface area contributed by atoms with E-state index in [1.165, 1.54) is 186 Å². The van der Waals surface area contributed by atoms with Crippen LogP contribution in [0, 0.1) is 0 Å². The highest BCUT2D eigenvalue weighted by Gasteiger charge is 2.19. The SMILES string of the molecule is CC/C=C\C/C=C\C/C=C\C/C=C\C/C=C\CCCCCC(=O)OC(COC(=O)CCCCCCCCCCCCCC)COC(=O)CCCCCCCCCCCCCCCCCC/C=C\C/C=C\C/C=C\CCCCCCC. The molecule has 1 unspecified atom stereocenters. The lowest BCUT2D eigenvalue weighted by molar-refractivity contribution is -0.167. The average molecular weight is 1110 g/mol. The molecule has 6 heteroatoms. The number of unbranched alkanes of at least 4 members (excludes halogenated alkanes) is 35. The minimum absolute atomic E-state index is 0.0876. The molecule has 0 rings (SSSR count). The van der Waals surface area contributed by atoms with Gasteiger partial charge in [0.15, 0.2) is 6.10 Å². The Morgan fingerprint density at radius 3 is 0.775 bits per heavy atom. The van der Waals surface area contributed by atoms with Crippen LogP contribution in [0.5, 0.6) is 0 Å². The van der Waals surface area contributed by atoms with Gasteiger partial charge >= 0.3 is 17.9 Å². The summed E-state index contributed by atoms with van der Waals surface area (Å²) in [5.74, 6) is -0.907. The maximum Gasteiger partial charge on any atom is 0.306 e. The van der Waals surface area contributed by atoms with Gasteiger partial charge in [-0.25, -0.2) is 0 Å². The molecule has 0 saturated heterocycles. The normalized spacial score (nSPS) is 12.7. The van der Waals surface area contributed by atoms with Crippen LogP contribution in [0.1, 0.15) is 335 Å². The average Bonchev–Trinajstić information content (AvgIpc) is 3.46. The molecule has 0 aromatic rings. The number of hydrogen-bond acceptors (Lipinski definition) is 6. The maximum atomic E-state index is 12.9. The van der Waals surface area contributed by atoms with Crippen LogP contribution in [0.2, 0.25) is 0 Å². The molecule has 0 N–H and O–H groups in total. The van der Waals surface area contributed by atoms with Gasteiger partial charge in [-0.3, -0.25) is 14.4 Å². The van der Waals surface area contributed by atoms with Crippen molar-refractivity contribution >= 4 is 17.9 Å². The fraction of sp³-hybridized carbons (Fsp3) is 0.743. The molecule has 0 aliphatic heterocycles. The molecule has 6 nitrogen and oxygen atoms in total. The maximum absolute atomic E-state index is 12.9. The van der Waals surface area contributed by atoms with Crippen molar-refractivity contribution < 1.29 is 28.6 Å². The van der Waals surface area contributed by atoms with E-state index in [9.17, 15) is 14.4 Å². The first-order valence-corrected chi connectivity index (χ1v) is 34.2. The van der Waals surface area contributed by atoms with Crippen LogP contribution in [0.3, 0.4) is 0 Å². The summed E-state index contributed by atoms with van der Waals surface area (Å²) in [5.41, 5.74) is 0. The van der Waals surface area contributed by atoms with E-state index in [1.807, 2.05) is 0 Å². The van der Waals surface area contributed by atoms with Crippen LogP contribution in [0.4, 0.5) is 0 Å². The molecule has 0 aromatic carbocycles. The number of esters is 3. The monoisotopic (exact) mass is 1110 g/mol. The van der Waals surface area contributed by atoms with Gasteiger partial charge in [-0.2, -0.15) is 0 Å². The molecule has 460 valence electrons. The summed E-state index contributed by atoms with van der Waals surface area (Å²) in [6.45, 7) is 6.52. The molecule has 0 amide bonds. The van der Waals surface area contributed by atoms with Gasteiger partial charge in [-0.1, -0.05) is 311 Å². The van der Waals surface area contributed by atoms with E-state index in [1.54, 1.807) is 0 Å². The molecular weight excluding hydrogens is 985 g/mol. The van der Waals surface area contributed by atoms with Crippen LogP contribution >= 0.6 is 0 Å². The van der Waals surface area contributed by atoms with Crippen molar-refractivity contribution in [1.82, 2.24) is 0 Å². The standard InChI is InChI=1S/C74H128O6/c1-4-7-10-13-16-19-22-25-27-29-31-32-33-34-35-36-37-38-39-40-41-42-44-45-47-49-52-55-58-61-64-67-73(76)79-70-71(69-78-72(75)66-63-60-57-54-51-24-21-18-15-12-9-6-3)80-74(77)68-65-62-59-56-53-50-48-46-43-30-28-26-23-20-17-14-11-8-5-2/h8,11,17,20,22,25-26,28-29,31,33-34,43,46,50,53,71H,4-7,9-10,12-16,18-19,21,23-24,27,30,32,35-42,44-45,47-49,51-52,54-70H2,1-3H3/b11-8-,20-17-,25-22-,28-26-,31-29-,34-33-,46-43-,53-50-. The van der Waals surface area contributed by atoms with Crippen molar-refractivity contribution in [3.8, 4) is 0 Å². The van der Waals surface area contributed by atoms with E-state index in [0.29, 0.717) is 19.3 Å². The molecule has 80 heavy (non-hydrogen) atoms. The van der Waals surface area contributed by atoms with Crippen molar-refractivity contribution in [2.24, 2.45) is 0 Å². The van der Waals surface area contributed by atoms with Gasteiger partial charge in [0.1, 0.15) is 13.2 Å². The molecule has 1 atom stereocenters. The van der Waals surface area contributed by atoms with Crippen LogP contribution in [-0.2, 0) is 28.6 Å². The minimum atomic E-state index is -0.794. The van der Waals surface area contributed by atoms with Gasteiger partial charge < -0.3 is 14.2 Å². The van der Waals surface area contributed by atoms with Gasteiger partial charge in [-0.15, -0.1) is 0 Å². The molecule has 0 spiro atoms. The quantitative estimate of drug-likeness (QED) is 0.0261. The number of allylic oxidation sites excluding steroid dienone is 16. The zero-order valence-corrected chi connectivity index (χ0v) is 52.8. The zero-order valence-electron chi connectivity index (χ0n) is 52.8. The third kappa shape index (κ3) is 65.1. The Kier molecular flexibility index (Phi) is 64.7. The first-order chi connectivity index (χ1) is 39.5. The van der Waals surface area contributed by atoms with Crippen molar-refractivity contribution in [2.45, 2.75) is 341 Å². The molecule has 0 radical (unpaired) electrons. The van der Waals surface area contributed by atoms with Crippen LogP contribution < -0.4 is 0 Å². The molecule has 0 aliphatic rings. The number of carbonyl (C=O) groups is 3. The highest BCUT2D eigenvalue weighted by molar-refractivity contribution is 5.71. The van der Waals surface area contributed by atoms with Crippen LogP contribution in [0.25, 0.3) is 0 Å². The smallest absolute Gasteiger partial charge is 0.306 e. The first kappa shape index (κ1) is 76.3. The van der Waals surface area contributed by atoms with E-state index in [-0.39, 0.29) is 31.1 Å². The topological polar surface area (TPSA) is 78.9 Å². The summed E-state index contributed by atoms with van der Waals surface area (Å²) in [6.07, 6.45) is 91.5. The van der Waals surface area contributed by atoms with Crippen LogP contribution in [0.15, 0.2) is 97.2 Å². The Hall–Kier alpha value is -3.67. The lowest BCUT2D eigenvalue weighted by atomic mass is 10.0. The van der Waals surface area contributed by atoms with Gasteiger partial charge in [-0.05, 0) is 103 Å². The van der Waals surface area contributed by atoms with Gasteiger partial charge in [0.2, 0.25) is 0 Å². The summed E-state index contributed by atoms with van der Waals surface area (Å²) < 4.78 is 16.9. The lowest BCUT2D eigenvalue weighted by Gasteiger charge is -2.18. The predicted octanol–water partition coefficient (Wildman–Crippen LogP) is 23.6. The Balaban J connectivity index is 4.24. The molecule has 0 saturated carbocycles. The van der Waals surface area contributed by atoms with Gasteiger partial charge in [0.25, 0.3) is 0 Å². The Morgan fingerprint density at radius 2 is 0.487 bits per heavy atom. The fourth-order valence-electron chi connectivity index (χ4n) is 9.71. The second kappa shape index (κ2) is 67.8. The number of hydrogen-bond donors (Lipinski definition) is 0. The number of carbonyl (C=O) groups excluding carboxylic acids is 3. The molecule has 0 bridgehead atoms. The fourth-order valence-corrected chi connectivity index (χ4v) is 9.71. The van der Waals surface area contributed by atoms with Crippen molar-refractivity contribution in [1.29, 1.82) is 0 Å². The zero-order chi connectivity index (χ0) is 57.8. The third-order valence-corrected chi connectivity index (χ3v) is 14.8. The van der Waals surface area contributed by atoms with Crippen molar-refractivity contribution in [3.05, 3.63) is 97.2 Å². The van der Waals surface area contributed by atoms with E-state index in [0.717, 1.165) is 109 Å². The van der Waals surface area contributed by atoms with Gasteiger partial charge in [0, 0.05) is 19.3 Å². The van der Waals surface area contributed by atoms with E-state index < -0.39 is 6.10 Å². The molecule has 0 aliphatic carbocycles. The lowest BCUT2D eigenvalue weighted by Crippen LogP contribution is -2.30. The number of rotatable bonds is 62. The summed E-state index contributed by atoms with van der Waals surface area (Å²) in [7, 11) is 0. The first-order valence-electron chi connectivity index (χ1n) is 34.2. The Labute approximate surface area is 496 Å². The molecule has 0 heterocycles. The van der Waals surface area contributed by atoms with Crippen LogP contribution in [-0.4, -0.2) is 37.2 Å². The molecule has 0 aromatic heterocycles.